The van der Waals surface area contributed by atoms with Gasteiger partial charge in [0.15, 0.2) is 0 Å². The average Bonchev–Trinajstić information content (AvgIpc) is 2.57. The molecule has 1 amide bonds. The van der Waals surface area contributed by atoms with Crippen molar-refractivity contribution in [2.75, 3.05) is 0 Å². The predicted octanol–water partition coefficient (Wildman–Crippen LogP) is 3.52. The van der Waals surface area contributed by atoms with Crippen molar-refractivity contribution in [2.45, 2.75) is 6.92 Å². The first-order valence-corrected chi connectivity index (χ1v) is 7.53. The lowest BCUT2D eigenvalue weighted by atomic mass is 10.1. The molecule has 6 heteroatoms. The lowest BCUT2D eigenvalue weighted by Gasteiger charge is -2.01. The van der Waals surface area contributed by atoms with Gasteiger partial charge in [-0.25, -0.2) is 5.43 Å². The van der Waals surface area contributed by atoms with Crippen molar-refractivity contribution in [1.82, 2.24) is 5.43 Å². The molecule has 2 aromatic carbocycles. The Hall–Kier alpha value is -2.92. The van der Waals surface area contributed by atoms with Crippen LogP contribution < -0.4 is 10.9 Å². The van der Waals surface area contributed by atoms with E-state index in [1.165, 1.54) is 18.5 Å². The topological polar surface area (TPSA) is 71.7 Å². The number of hydrogen-bond donors (Lipinski definition) is 1. The second kappa shape index (κ2) is 6.68. The van der Waals surface area contributed by atoms with E-state index in [0.717, 1.165) is 5.56 Å². The number of carbonyl (C=O) groups excluding carboxylic acids is 1. The standard InChI is InChI=1S/C18H13ClN2O3/c1-11-3-2-4-12(7-11)18(23)21-20-9-13-10-24-16-6-5-14(19)8-15(16)17(13)22/h2-10H,1H3,(H,21,23)/b20-9-. The Morgan fingerprint density at radius 2 is 2.08 bits per heavy atom. The van der Waals surface area contributed by atoms with Crippen LogP contribution in [0, 0.1) is 6.92 Å². The van der Waals surface area contributed by atoms with Crippen LogP contribution in [-0.2, 0) is 0 Å². The van der Waals surface area contributed by atoms with Gasteiger partial charge in [-0.1, -0.05) is 29.3 Å². The second-order valence-electron chi connectivity index (χ2n) is 5.23. The number of nitrogens with zero attached hydrogens (tertiary/aromatic N) is 1. The Morgan fingerprint density at radius 3 is 2.88 bits per heavy atom. The molecule has 3 aromatic rings. The molecule has 0 aliphatic rings. The summed E-state index contributed by atoms with van der Waals surface area (Å²) in [6, 6.07) is 11.9. The zero-order valence-electron chi connectivity index (χ0n) is 12.7. The smallest absolute Gasteiger partial charge is 0.271 e. The van der Waals surface area contributed by atoms with E-state index < -0.39 is 0 Å². The molecule has 5 nitrogen and oxygen atoms in total. The lowest BCUT2D eigenvalue weighted by molar-refractivity contribution is 0.0955. The Kier molecular flexibility index (Phi) is 4.44. The third-order valence-corrected chi connectivity index (χ3v) is 3.65. The van der Waals surface area contributed by atoms with Crippen LogP contribution in [-0.4, -0.2) is 12.1 Å². The Morgan fingerprint density at radius 1 is 1.25 bits per heavy atom. The summed E-state index contributed by atoms with van der Waals surface area (Å²) < 4.78 is 5.37. The molecular weight excluding hydrogens is 328 g/mol. The number of fused-ring (bicyclic) bond motifs is 1. The van der Waals surface area contributed by atoms with Crippen LogP contribution >= 0.6 is 11.6 Å². The van der Waals surface area contributed by atoms with Gasteiger partial charge in [-0.15, -0.1) is 0 Å². The third kappa shape index (κ3) is 3.36. The monoisotopic (exact) mass is 340 g/mol. The van der Waals surface area contributed by atoms with Crippen LogP contribution in [0.25, 0.3) is 11.0 Å². The van der Waals surface area contributed by atoms with Gasteiger partial charge in [-0.05, 0) is 37.3 Å². The van der Waals surface area contributed by atoms with Gasteiger partial charge >= 0.3 is 0 Å². The van der Waals surface area contributed by atoms with Crippen LogP contribution in [0.2, 0.25) is 5.02 Å². The van der Waals surface area contributed by atoms with Gasteiger partial charge < -0.3 is 4.42 Å². The van der Waals surface area contributed by atoms with Gasteiger partial charge in [0.05, 0.1) is 17.2 Å². The highest BCUT2D eigenvalue weighted by molar-refractivity contribution is 6.31. The number of amides is 1. The van der Waals surface area contributed by atoms with Gasteiger partial charge in [-0.3, -0.25) is 9.59 Å². The number of nitrogens with one attached hydrogen (secondary N) is 1. The fraction of sp³-hybridized carbons (Fsp3) is 0.0556. The quantitative estimate of drug-likeness (QED) is 0.585. The molecule has 3 rings (SSSR count). The van der Waals surface area contributed by atoms with Crippen LogP contribution in [0.4, 0.5) is 0 Å². The number of halogens is 1. The highest BCUT2D eigenvalue weighted by atomic mass is 35.5. The first kappa shape index (κ1) is 16.0. The summed E-state index contributed by atoms with van der Waals surface area (Å²) in [6.07, 6.45) is 2.54. The normalized spacial score (nSPS) is 11.1. The van der Waals surface area contributed by atoms with Crippen LogP contribution in [0.3, 0.4) is 0 Å². The molecule has 0 fully saturated rings. The molecular formula is C18H13ClN2O3. The molecule has 0 aliphatic heterocycles. The molecule has 0 unspecified atom stereocenters. The van der Waals surface area contributed by atoms with Crippen molar-refractivity contribution in [3.8, 4) is 0 Å². The Balaban J connectivity index is 1.82. The zero-order valence-corrected chi connectivity index (χ0v) is 13.5. The summed E-state index contributed by atoms with van der Waals surface area (Å²) in [4.78, 5) is 24.3. The van der Waals surface area contributed by atoms with E-state index in [4.69, 9.17) is 16.0 Å². The van der Waals surface area contributed by atoms with Crippen molar-refractivity contribution in [1.29, 1.82) is 0 Å². The molecule has 24 heavy (non-hydrogen) atoms. The predicted molar refractivity (Wildman–Crippen MR) is 93.7 cm³/mol. The minimum absolute atomic E-state index is 0.217. The van der Waals surface area contributed by atoms with Crippen molar-refractivity contribution < 1.29 is 9.21 Å². The molecule has 0 aliphatic carbocycles. The molecule has 0 atom stereocenters. The number of hydrazone groups is 1. The van der Waals surface area contributed by atoms with Gasteiger partial charge in [0.2, 0.25) is 5.43 Å². The van der Waals surface area contributed by atoms with Crippen molar-refractivity contribution in [2.24, 2.45) is 5.10 Å². The molecule has 120 valence electrons. The van der Waals surface area contributed by atoms with Crippen LogP contribution in [0.15, 0.2) is 63.0 Å². The average molecular weight is 341 g/mol. The van der Waals surface area contributed by atoms with E-state index in [9.17, 15) is 9.59 Å². The number of carbonyl (C=O) groups is 1. The molecule has 0 bridgehead atoms. The molecule has 1 aromatic heterocycles. The number of benzene rings is 2. The van der Waals surface area contributed by atoms with Gasteiger partial charge in [0.1, 0.15) is 11.8 Å². The zero-order chi connectivity index (χ0) is 17.1. The third-order valence-electron chi connectivity index (χ3n) is 3.41. The molecule has 0 saturated carbocycles. The summed E-state index contributed by atoms with van der Waals surface area (Å²) in [7, 11) is 0. The van der Waals surface area contributed by atoms with E-state index in [2.05, 4.69) is 10.5 Å². The van der Waals surface area contributed by atoms with Crippen LogP contribution in [0.1, 0.15) is 21.5 Å². The number of hydrogen-bond acceptors (Lipinski definition) is 4. The van der Waals surface area contributed by atoms with Gasteiger partial charge in [-0.2, -0.15) is 5.10 Å². The lowest BCUT2D eigenvalue weighted by Crippen LogP contribution is -2.18. The number of rotatable bonds is 3. The SMILES string of the molecule is Cc1cccc(C(=O)N/N=C\c2coc3ccc(Cl)cc3c2=O)c1. The van der Waals surface area contributed by atoms with Gasteiger partial charge in [0.25, 0.3) is 5.91 Å². The van der Waals surface area contributed by atoms with Crippen molar-refractivity contribution >= 4 is 34.7 Å². The summed E-state index contributed by atoms with van der Waals surface area (Å²) in [6.45, 7) is 1.89. The van der Waals surface area contributed by atoms with E-state index in [0.29, 0.717) is 21.6 Å². The Labute approximate surface area is 142 Å². The van der Waals surface area contributed by atoms with Crippen molar-refractivity contribution in [3.63, 3.8) is 0 Å². The minimum atomic E-state index is -0.358. The molecule has 0 radical (unpaired) electrons. The van der Waals surface area contributed by atoms with E-state index >= 15 is 0 Å². The summed E-state index contributed by atoms with van der Waals surface area (Å²) in [5.74, 6) is -0.358. The van der Waals surface area contributed by atoms with Crippen molar-refractivity contribution in [3.05, 3.63) is 80.7 Å². The highest BCUT2D eigenvalue weighted by Crippen LogP contribution is 2.16. The van der Waals surface area contributed by atoms with E-state index in [-0.39, 0.29) is 16.9 Å². The maximum absolute atomic E-state index is 12.3. The minimum Gasteiger partial charge on any atom is -0.463 e. The van der Waals surface area contributed by atoms with E-state index in [1.54, 1.807) is 30.3 Å². The largest absolute Gasteiger partial charge is 0.463 e. The Bertz CT molecular complexity index is 1010. The summed E-state index contributed by atoms with van der Waals surface area (Å²) in [5, 5.41) is 4.62. The molecule has 1 N–H and O–H groups in total. The second-order valence-corrected chi connectivity index (χ2v) is 5.67. The first-order chi connectivity index (χ1) is 11.5. The fourth-order valence-corrected chi connectivity index (χ4v) is 2.39. The maximum Gasteiger partial charge on any atom is 0.271 e. The van der Waals surface area contributed by atoms with Crippen LogP contribution in [0.5, 0.6) is 0 Å². The fourth-order valence-electron chi connectivity index (χ4n) is 2.22. The maximum atomic E-state index is 12.3. The first-order valence-electron chi connectivity index (χ1n) is 7.16. The number of aryl methyl sites for hydroxylation is 1. The highest BCUT2D eigenvalue weighted by Gasteiger charge is 2.07. The molecule has 0 saturated heterocycles. The summed E-state index contributed by atoms with van der Waals surface area (Å²) >= 11 is 5.90. The molecule has 1 heterocycles. The van der Waals surface area contributed by atoms with E-state index in [1.807, 2.05) is 13.0 Å². The van der Waals surface area contributed by atoms with Gasteiger partial charge in [0, 0.05) is 10.6 Å². The molecule has 0 spiro atoms. The summed E-state index contributed by atoms with van der Waals surface area (Å²) in [5.41, 5.74) is 4.23.